The van der Waals surface area contributed by atoms with Crippen LogP contribution in [0.3, 0.4) is 0 Å². The number of ketones is 1. The molecule has 0 spiro atoms. The van der Waals surface area contributed by atoms with Crippen LogP contribution < -0.4 is 23.8 Å². The number of carbonyl (C=O) groups excluding carboxylic acids is 2. The fraction of sp³-hybridized carbons (Fsp3) is 0.241. The van der Waals surface area contributed by atoms with E-state index in [0.717, 1.165) is 5.56 Å². The first-order valence-electron chi connectivity index (χ1n) is 11.7. The maximum atomic E-state index is 13.5. The zero-order valence-corrected chi connectivity index (χ0v) is 21.4. The van der Waals surface area contributed by atoms with Crippen LogP contribution in [0.25, 0.3) is 5.76 Å². The summed E-state index contributed by atoms with van der Waals surface area (Å²) in [7, 11) is 4.46. The number of benzene rings is 3. The maximum absolute atomic E-state index is 13.5. The SMILES string of the molecule is CCOc1cccc(/C(O)=C2\C(=O)C(=O)N(c3ccc(C)cc3)C2c2cc(OC)c(OC)c(OC)c2)c1. The summed E-state index contributed by atoms with van der Waals surface area (Å²) < 4.78 is 22.1. The standard InChI is InChI=1S/C29H29NO7/c1-6-37-21-9-7-8-18(14-21)26(31)24-25(19-15-22(34-3)28(36-5)23(16-19)35-4)30(29(33)27(24)32)20-12-10-17(2)11-13-20/h7-16,25,31H,6H2,1-5H3/b26-24+. The lowest BCUT2D eigenvalue weighted by Crippen LogP contribution is -2.29. The average Bonchev–Trinajstić information content (AvgIpc) is 3.18. The van der Waals surface area contributed by atoms with Gasteiger partial charge in [-0.3, -0.25) is 14.5 Å². The van der Waals surface area contributed by atoms with Gasteiger partial charge in [0.15, 0.2) is 11.5 Å². The zero-order chi connectivity index (χ0) is 26.7. The molecule has 1 aliphatic heterocycles. The fourth-order valence-corrected chi connectivity index (χ4v) is 4.43. The molecular weight excluding hydrogens is 474 g/mol. The molecule has 8 heteroatoms. The van der Waals surface area contributed by atoms with Crippen molar-refractivity contribution < 1.29 is 33.6 Å². The van der Waals surface area contributed by atoms with Crippen molar-refractivity contribution >= 4 is 23.1 Å². The Morgan fingerprint density at radius 2 is 1.57 bits per heavy atom. The van der Waals surface area contributed by atoms with Gasteiger partial charge >= 0.3 is 0 Å². The summed E-state index contributed by atoms with van der Waals surface area (Å²) in [5.41, 5.74) is 2.29. The van der Waals surface area contributed by atoms with E-state index in [1.54, 1.807) is 48.5 Å². The van der Waals surface area contributed by atoms with Gasteiger partial charge in [0.25, 0.3) is 11.7 Å². The minimum absolute atomic E-state index is 0.0616. The molecule has 1 N–H and O–H groups in total. The third-order valence-electron chi connectivity index (χ3n) is 6.18. The Morgan fingerprint density at radius 1 is 0.919 bits per heavy atom. The summed E-state index contributed by atoms with van der Waals surface area (Å²) >= 11 is 0. The number of nitrogens with zero attached hydrogens (tertiary/aromatic N) is 1. The quantitative estimate of drug-likeness (QED) is 0.261. The fourth-order valence-electron chi connectivity index (χ4n) is 4.43. The van der Waals surface area contributed by atoms with Gasteiger partial charge in [-0.05, 0) is 55.8 Å². The highest BCUT2D eigenvalue weighted by Crippen LogP contribution is 2.47. The lowest BCUT2D eigenvalue weighted by atomic mass is 9.94. The number of Topliss-reactive ketones (excluding diaryl/α,β-unsaturated/α-hetero) is 1. The van der Waals surface area contributed by atoms with E-state index in [4.69, 9.17) is 18.9 Å². The van der Waals surface area contributed by atoms with Crippen LogP contribution in [0, 0.1) is 6.92 Å². The summed E-state index contributed by atoms with van der Waals surface area (Å²) in [5, 5.41) is 11.4. The highest BCUT2D eigenvalue weighted by molar-refractivity contribution is 6.51. The summed E-state index contributed by atoms with van der Waals surface area (Å²) in [6, 6.07) is 16.4. The van der Waals surface area contributed by atoms with Gasteiger partial charge in [-0.15, -0.1) is 0 Å². The molecule has 1 aliphatic rings. The van der Waals surface area contributed by atoms with Crippen molar-refractivity contribution in [3.8, 4) is 23.0 Å². The van der Waals surface area contributed by atoms with E-state index in [2.05, 4.69) is 0 Å². The molecule has 1 atom stereocenters. The van der Waals surface area contributed by atoms with Crippen molar-refractivity contribution in [1.29, 1.82) is 0 Å². The van der Waals surface area contributed by atoms with Crippen LogP contribution >= 0.6 is 0 Å². The average molecular weight is 504 g/mol. The Balaban J connectivity index is 1.99. The first-order valence-corrected chi connectivity index (χ1v) is 11.7. The second kappa shape index (κ2) is 10.7. The monoisotopic (exact) mass is 503 g/mol. The Kier molecular flexibility index (Phi) is 7.38. The summed E-state index contributed by atoms with van der Waals surface area (Å²) in [6.07, 6.45) is 0. The number of methoxy groups -OCH3 is 3. The lowest BCUT2D eigenvalue weighted by molar-refractivity contribution is -0.132. The van der Waals surface area contributed by atoms with Crippen molar-refractivity contribution in [1.82, 2.24) is 0 Å². The Morgan fingerprint density at radius 3 is 2.14 bits per heavy atom. The highest BCUT2D eigenvalue weighted by atomic mass is 16.5. The number of amides is 1. The molecule has 1 saturated heterocycles. The van der Waals surface area contributed by atoms with Gasteiger partial charge in [0.05, 0.1) is 39.6 Å². The van der Waals surface area contributed by atoms with Crippen molar-refractivity contribution in [2.75, 3.05) is 32.8 Å². The van der Waals surface area contributed by atoms with Crippen molar-refractivity contribution in [3.63, 3.8) is 0 Å². The molecule has 0 aliphatic carbocycles. The molecule has 1 unspecified atom stereocenters. The number of hydrogen-bond donors (Lipinski definition) is 1. The van der Waals surface area contributed by atoms with E-state index in [9.17, 15) is 14.7 Å². The molecule has 0 saturated carbocycles. The molecule has 8 nitrogen and oxygen atoms in total. The predicted molar refractivity (Wildman–Crippen MR) is 140 cm³/mol. The van der Waals surface area contributed by atoms with Crippen LogP contribution in [0.5, 0.6) is 23.0 Å². The summed E-state index contributed by atoms with van der Waals surface area (Å²) in [5.74, 6) is -0.277. The molecule has 1 heterocycles. The van der Waals surface area contributed by atoms with E-state index in [1.165, 1.54) is 26.2 Å². The lowest BCUT2D eigenvalue weighted by Gasteiger charge is -2.26. The molecule has 4 rings (SSSR count). The molecule has 0 bridgehead atoms. The van der Waals surface area contributed by atoms with Gasteiger partial charge in [0.2, 0.25) is 5.75 Å². The second-order valence-corrected chi connectivity index (χ2v) is 8.42. The van der Waals surface area contributed by atoms with Gasteiger partial charge in [-0.2, -0.15) is 0 Å². The minimum Gasteiger partial charge on any atom is -0.507 e. The van der Waals surface area contributed by atoms with Gasteiger partial charge in [-0.1, -0.05) is 29.8 Å². The third kappa shape index (κ3) is 4.70. The smallest absolute Gasteiger partial charge is 0.300 e. The Hall–Kier alpha value is -4.46. The zero-order valence-electron chi connectivity index (χ0n) is 21.4. The molecule has 0 aromatic heterocycles. The van der Waals surface area contributed by atoms with Crippen LogP contribution in [-0.4, -0.2) is 44.7 Å². The van der Waals surface area contributed by atoms with Crippen LogP contribution in [0.1, 0.15) is 29.7 Å². The van der Waals surface area contributed by atoms with E-state index in [1.807, 2.05) is 26.0 Å². The number of aliphatic hydroxyl groups excluding tert-OH is 1. The van der Waals surface area contributed by atoms with Gasteiger partial charge in [-0.25, -0.2) is 0 Å². The summed E-state index contributed by atoms with van der Waals surface area (Å²) in [4.78, 5) is 28.3. The third-order valence-corrected chi connectivity index (χ3v) is 6.18. The number of hydrogen-bond acceptors (Lipinski definition) is 7. The van der Waals surface area contributed by atoms with E-state index in [0.29, 0.717) is 46.4 Å². The molecule has 3 aromatic carbocycles. The highest BCUT2D eigenvalue weighted by Gasteiger charge is 2.47. The maximum Gasteiger partial charge on any atom is 0.300 e. The van der Waals surface area contributed by atoms with Crippen LogP contribution in [0.2, 0.25) is 0 Å². The Bertz CT molecular complexity index is 1340. The summed E-state index contributed by atoms with van der Waals surface area (Å²) in [6.45, 7) is 4.22. The Labute approximate surface area is 215 Å². The van der Waals surface area contributed by atoms with Crippen molar-refractivity contribution in [2.45, 2.75) is 19.9 Å². The van der Waals surface area contributed by atoms with E-state index in [-0.39, 0.29) is 11.3 Å². The van der Waals surface area contributed by atoms with Crippen LogP contribution in [-0.2, 0) is 9.59 Å². The van der Waals surface area contributed by atoms with E-state index < -0.39 is 17.7 Å². The molecule has 1 fully saturated rings. The number of rotatable bonds is 8. The minimum atomic E-state index is -0.966. The molecule has 192 valence electrons. The van der Waals surface area contributed by atoms with Crippen LogP contribution in [0.4, 0.5) is 5.69 Å². The van der Waals surface area contributed by atoms with Gasteiger partial charge < -0.3 is 24.1 Å². The van der Waals surface area contributed by atoms with Crippen LogP contribution in [0.15, 0.2) is 66.2 Å². The number of anilines is 1. The number of aryl methyl sites for hydroxylation is 1. The molecule has 3 aromatic rings. The van der Waals surface area contributed by atoms with E-state index >= 15 is 0 Å². The molecular formula is C29H29NO7. The van der Waals surface area contributed by atoms with Gasteiger partial charge in [0, 0.05) is 11.3 Å². The number of ether oxygens (including phenoxy) is 4. The predicted octanol–water partition coefficient (Wildman–Crippen LogP) is 5.05. The number of aliphatic hydroxyl groups is 1. The molecule has 0 radical (unpaired) electrons. The first-order chi connectivity index (χ1) is 17.8. The first kappa shape index (κ1) is 25.6. The normalized spacial score (nSPS) is 16.6. The van der Waals surface area contributed by atoms with Crippen molar-refractivity contribution in [2.24, 2.45) is 0 Å². The number of carbonyl (C=O) groups is 2. The van der Waals surface area contributed by atoms with Gasteiger partial charge in [0.1, 0.15) is 11.5 Å². The second-order valence-electron chi connectivity index (χ2n) is 8.42. The molecule has 37 heavy (non-hydrogen) atoms. The van der Waals surface area contributed by atoms with Crippen molar-refractivity contribution in [3.05, 3.63) is 82.9 Å². The molecule has 1 amide bonds. The largest absolute Gasteiger partial charge is 0.507 e. The topological polar surface area (TPSA) is 94.5 Å².